The maximum atomic E-state index is 10.6. The van der Waals surface area contributed by atoms with E-state index >= 15 is 0 Å². The molecule has 0 atom stereocenters. The molecule has 3 heterocycles. The zero-order valence-electron chi connectivity index (χ0n) is 22.4. The Bertz CT molecular complexity index is 1300. The Morgan fingerprint density at radius 1 is 0.975 bits per heavy atom. The highest BCUT2D eigenvalue weighted by Gasteiger charge is 2.03. The van der Waals surface area contributed by atoms with Crippen molar-refractivity contribution in [3.8, 4) is 0 Å². The summed E-state index contributed by atoms with van der Waals surface area (Å²) in [4.78, 5) is 13.2. The highest BCUT2D eigenvalue weighted by molar-refractivity contribution is 8.13. The van der Waals surface area contributed by atoms with Crippen molar-refractivity contribution in [2.75, 3.05) is 5.75 Å². The van der Waals surface area contributed by atoms with E-state index in [1.54, 1.807) is 52.7 Å². The molecule has 11 nitrogen and oxygen atoms in total. The predicted molar refractivity (Wildman–Crippen MR) is 181 cm³/mol. The minimum absolute atomic E-state index is 0.0365. The molecule has 0 aromatic carbocycles. The third kappa shape index (κ3) is 23.3. The van der Waals surface area contributed by atoms with E-state index < -0.39 is 10.2 Å². The summed E-state index contributed by atoms with van der Waals surface area (Å²) in [5.41, 5.74) is 18.4. The van der Waals surface area contributed by atoms with Gasteiger partial charge in [0, 0.05) is 39.8 Å². The van der Waals surface area contributed by atoms with Crippen LogP contribution in [-0.2, 0) is 27.6 Å². The molecule has 0 bridgehead atoms. The van der Waals surface area contributed by atoms with Gasteiger partial charge in [0.05, 0.1) is 43.0 Å². The Morgan fingerprint density at radius 3 is 1.73 bits per heavy atom. The molecule has 0 aliphatic heterocycles. The van der Waals surface area contributed by atoms with Gasteiger partial charge in [0.25, 0.3) is 0 Å². The van der Waals surface area contributed by atoms with Gasteiger partial charge in [0.15, 0.2) is 5.17 Å². The van der Waals surface area contributed by atoms with Crippen molar-refractivity contribution in [1.82, 2.24) is 15.0 Å². The van der Waals surface area contributed by atoms with Crippen LogP contribution in [0.1, 0.15) is 45.4 Å². The number of rotatable bonds is 9. The fourth-order valence-electron chi connectivity index (χ4n) is 2.13. The quantitative estimate of drug-likeness (QED) is 0.0677. The molecule has 9 N–H and O–H groups in total. The molecule has 0 radical (unpaired) electrons. The Balaban J connectivity index is 0.000000566. The molecular formula is C21H34ClN9O2S7. The topological polar surface area (TPSA) is 213 Å². The second-order valence-corrected chi connectivity index (χ2v) is 14.8. The Morgan fingerprint density at radius 2 is 1.40 bits per heavy atom. The van der Waals surface area contributed by atoms with E-state index in [4.69, 9.17) is 39.4 Å². The number of thiocarbonyl (C=S) groups is 1. The number of halogens is 1. The van der Waals surface area contributed by atoms with E-state index in [0.29, 0.717) is 28.8 Å². The van der Waals surface area contributed by atoms with Gasteiger partial charge in [-0.3, -0.25) is 5.41 Å². The standard InChI is InChI=1S/C8H14N4O2S3.C6H9N3S2.C5H6ClNS.C2H5NS/c1-6-11-7(5-16-6)4-15-3-2-8(9)12-17(10,13)14;1-4-9-5(2-10-4)3-11-6(7)8;1-4-7-5(2-6)3-8-4;1-2(3)4/h5H,2-4H2,1H3,(H2,9,12)(H2,10,13,14);2H,3H2,1H3,(H3,7,8);3H,2H2,1H3;1H3,(H2,3,4). The van der Waals surface area contributed by atoms with Crippen molar-refractivity contribution < 1.29 is 8.42 Å². The average Bonchev–Trinajstić information content (AvgIpc) is 3.56. The smallest absolute Gasteiger partial charge is 0.318 e. The predicted octanol–water partition coefficient (Wildman–Crippen LogP) is 4.70. The first kappa shape index (κ1) is 38.6. The monoisotopic (exact) mass is 703 g/mol. The van der Waals surface area contributed by atoms with E-state index in [1.165, 1.54) is 11.8 Å². The summed E-state index contributed by atoms with van der Waals surface area (Å²) in [5.74, 6) is 2.74. The maximum Gasteiger partial charge on any atom is 0.318 e. The van der Waals surface area contributed by atoms with E-state index in [9.17, 15) is 8.42 Å². The number of hydrogen-bond donors (Lipinski definition) is 5. The van der Waals surface area contributed by atoms with Gasteiger partial charge in [-0.2, -0.15) is 20.2 Å². The van der Waals surface area contributed by atoms with Gasteiger partial charge in [-0.1, -0.05) is 24.0 Å². The molecule has 40 heavy (non-hydrogen) atoms. The second kappa shape index (κ2) is 21.3. The van der Waals surface area contributed by atoms with E-state index in [0.717, 1.165) is 37.9 Å². The van der Waals surface area contributed by atoms with Crippen LogP contribution >= 0.6 is 81.4 Å². The van der Waals surface area contributed by atoms with Crippen LogP contribution in [0, 0.1) is 26.2 Å². The average molecular weight is 704 g/mol. The van der Waals surface area contributed by atoms with Gasteiger partial charge < -0.3 is 17.2 Å². The summed E-state index contributed by atoms with van der Waals surface area (Å²) in [6.45, 7) is 7.57. The minimum atomic E-state index is -3.87. The van der Waals surface area contributed by atoms with Crippen LogP contribution in [0.15, 0.2) is 20.5 Å². The fraction of sp³-hybridized carbons (Fsp3) is 0.429. The third-order valence-corrected chi connectivity index (χ3v) is 8.48. The van der Waals surface area contributed by atoms with Crippen LogP contribution in [0.4, 0.5) is 0 Å². The molecule has 0 saturated heterocycles. The highest BCUT2D eigenvalue weighted by atomic mass is 35.5. The molecule has 3 aromatic heterocycles. The molecule has 0 fully saturated rings. The molecular weight excluding hydrogens is 670 g/mol. The molecule has 0 aliphatic carbocycles. The normalized spacial score (nSPS) is 10.8. The number of thiazole rings is 3. The molecule has 19 heteroatoms. The second-order valence-electron chi connectivity index (χ2n) is 7.37. The molecule has 0 amide bonds. The first-order chi connectivity index (χ1) is 18.6. The van der Waals surface area contributed by atoms with Crippen molar-refractivity contribution in [1.29, 1.82) is 5.41 Å². The summed E-state index contributed by atoms with van der Waals surface area (Å²) in [5, 5.41) is 21.0. The number of nitrogens with one attached hydrogen (secondary N) is 1. The Labute approximate surface area is 266 Å². The van der Waals surface area contributed by atoms with Gasteiger partial charge in [-0.25, -0.2) is 20.1 Å². The number of nitrogens with two attached hydrogens (primary N) is 4. The lowest BCUT2D eigenvalue weighted by Gasteiger charge is -1.99. The summed E-state index contributed by atoms with van der Waals surface area (Å²) in [6, 6.07) is 0. The molecule has 0 unspecified atom stereocenters. The molecule has 0 saturated carbocycles. The largest absolute Gasteiger partial charge is 0.394 e. The van der Waals surface area contributed by atoms with Crippen molar-refractivity contribution in [3.05, 3.63) is 48.2 Å². The van der Waals surface area contributed by atoms with Crippen molar-refractivity contribution >= 4 is 108 Å². The summed E-state index contributed by atoms with van der Waals surface area (Å²) in [6.07, 6.45) is 0.393. The fourth-order valence-corrected chi connectivity index (χ4v) is 6.13. The first-order valence-corrected chi connectivity index (χ1v) is 18.3. The number of aromatic nitrogens is 3. The number of aryl methyl sites for hydroxylation is 3. The van der Waals surface area contributed by atoms with Gasteiger partial charge in [0.1, 0.15) is 5.84 Å². The van der Waals surface area contributed by atoms with Crippen LogP contribution in [0.3, 0.4) is 0 Å². The van der Waals surface area contributed by atoms with E-state index in [1.807, 2.05) is 36.9 Å². The zero-order valence-corrected chi connectivity index (χ0v) is 28.9. The van der Waals surface area contributed by atoms with E-state index in [-0.39, 0.29) is 11.0 Å². The number of nitrogens with zero attached hydrogens (tertiary/aromatic N) is 4. The van der Waals surface area contributed by atoms with Crippen molar-refractivity contribution in [2.24, 2.45) is 26.7 Å². The van der Waals surface area contributed by atoms with Gasteiger partial charge in [0.2, 0.25) is 0 Å². The van der Waals surface area contributed by atoms with Gasteiger partial charge >= 0.3 is 10.2 Å². The van der Waals surface area contributed by atoms with Crippen LogP contribution in [0.5, 0.6) is 0 Å². The lowest BCUT2D eigenvalue weighted by Crippen LogP contribution is -2.19. The minimum Gasteiger partial charge on any atom is -0.394 e. The number of alkyl halides is 1. The first-order valence-electron chi connectivity index (χ1n) is 11.1. The van der Waals surface area contributed by atoms with Gasteiger partial charge in [-0.15, -0.1) is 50.0 Å². The van der Waals surface area contributed by atoms with Crippen LogP contribution in [-0.4, -0.2) is 45.1 Å². The Kier molecular flexibility index (Phi) is 20.6. The lowest BCUT2D eigenvalue weighted by atomic mass is 10.5. The van der Waals surface area contributed by atoms with Crippen molar-refractivity contribution in [3.63, 3.8) is 0 Å². The van der Waals surface area contributed by atoms with Gasteiger partial charge in [-0.05, 0) is 27.7 Å². The lowest BCUT2D eigenvalue weighted by molar-refractivity contribution is 0.599. The maximum absolute atomic E-state index is 10.6. The van der Waals surface area contributed by atoms with Crippen LogP contribution < -0.4 is 22.3 Å². The summed E-state index contributed by atoms with van der Waals surface area (Å²) < 4.78 is 24.4. The Hall–Kier alpha value is -1.38. The molecule has 3 aromatic rings. The van der Waals surface area contributed by atoms with Crippen LogP contribution in [0.2, 0.25) is 0 Å². The zero-order chi connectivity index (χ0) is 30.7. The summed E-state index contributed by atoms with van der Waals surface area (Å²) in [7, 11) is -3.87. The summed E-state index contributed by atoms with van der Waals surface area (Å²) >= 11 is 17.6. The number of amidine groups is 2. The van der Waals surface area contributed by atoms with E-state index in [2.05, 4.69) is 31.6 Å². The van der Waals surface area contributed by atoms with Crippen LogP contribution in [0.25, 0.3) is 0 Å². The molecule has 3 rings (SSSR count). The number of hydrogen-bond acceptors (Lipinski definition) is 12. The molecule has 0 spiro atoms. The third-order valence-electron chi connectivity index (χ3n) is 3.51. The van der Waals surface area contributed by atoms with Crippen molar-refractivity contribution in [2.45, 2.75) is 51.5 Å². The highest BCUT2D eigenvalue weighted by Crippen LogP contribution is 2.16. The molecule has 224 valence electrons. The molecule has 0 aliphatic rings. The SMILES string of the molecule is CC(N)=S.Cc1nc(CCl)cs1.Cc1nc(CSC(=N)N)cs1.Cc1nc(CSCCC(N)=NS(N)(=O)=O)cs1. The number of thioether (sulfide) groups is 2.